The fraction of sp³-hybridized carbons (Fsp3) is 0.625. The van der Waals surface area contributed by atoms with Crippen LogP contribution in [-0.4, -0.2) is 15.5 Å². The van der Waals surface area contributed by atoms with E-state index in [1.54, 1.807) is 5.19 Å². The number of halogens is 1. The van der Waals surface area contributed by atoms with Gasteiger partial charge >= 0.3 is 0 Å². The van der Waals surface area contributed by atoms with Crippen molar-refractivity contribution in [1.29, 1.82) is 0 Å². The molecule has 0 unspecified atom stereocenters. The van der Waals surface area contributed by atoms with Crippen LogP contribution in [0.25, 0.3) is 0 Å². The fourth-order valence-electron chi connectivity index (χ4n) is 2.77. The molecule has 0 aliphatic heterocycles. The topological polar surface area (TPSA) is 0 Å². The molecule has 0 atom stereocenters. The molecule has 0 radical (unpaired) electrons. The maximum Gasteiger partial charge on any atom is 0.191 e. The molecule has 0 aliphatic rings. The van der Waals surface area contributed by atoms with Crippen molar-refractivity contribution in [1.82, 2.24) is 0 Å². The minimum absolute atomic E-state index is 0.561. The van der Waals surface area contributed by atoms with Crippen LogP contribution in [0.4, 0.5) is 0 Å². The molecule has 0 bridgehead atoms. The third-order valence-corrected chi connectivity index (χ3v) is 13.9. The van der Waals surface area contributed by atoms with Crippen LogP contribution >= 0.6 is 11.1 Å². The number of aryl methyl sites for hydroxylation is 1. The lowest BCUT2D eigenvalue weighted by molar-refractivity contribution is 0.940. The van der Waals surface area contributed by atoms with E-state index in [9.17, 15) is 0 Å². The van der Waals surface area contributed by atoms with Crippen molar-refractivity contribution in [3.63, 3.8) is 0 Å². The van der Waals surface area contributed by atoms with Gasteiger partial charge in [-0.25, -0.2) is 0 Å². The Morgan fingerprint density at radius 2 is 1.26 bits per heavy atom. The first-order chi connectivity index (χ1) is 8.49. The monoisotopic (exact) mass is 312 g/mol. The molecule has 0 aliphatic carbocycles. The number of rotatable bonds is 4. The van der Waals surface area contributed by atoms with Gasteiger partial charge in [0.1, 0.15) is 0 Å². The first-order valence-electron chi connectivity index (χ1n) is 7.31. The summed E-state index contributed by atoms with van der Waals surface area (Å²) in [6.07, 6.45) is 0. The van der Waals surface area contributed by atoms with Gasteiger partial charge in [0.15, 0.2) is 7.38 Å². The molecule has 0 aromatic heterocycles. The average molecular weight is 313 g/mol. The lowest BCUT2D eigenvalue weighted by Crippen LogP contribution is -2.51. The minimum Gasteiger partial charge on any atom is -0.160 e. The van der Waals surface area contributed by atoms with Gasteiger partial charge in [-0.3, -0.25) is 0 Å². The predicted octanol–water partition coefficient (Wildman–Crippen LogP) is 4.75. The third kappa shape index (κ3) is 3.53. The van der Waals surface area contributed by atoms with Gasteiger partial charge in [-0.05, 0) is 23.2 Å². The highest BCUT2D eigenvalue weighted by molar-refractivity contribution is 7.28. The van der Waals surface area contributed by atoms with E-state index >= 15 is 0 Å². The van der Waals surface area contributed by atoms with Gasteiger partial charge in [0.2, 0.25) is 0 Å². The first kappa shape index (κ1) is 17.0. The Balaban J connectivity index is 3.46. The summed E-state index contributed by atoms with van der Waals surface area (Å²) in [7, 11) is -3.21. The second kappa shape index (κ2) is 5.75. The summed E-state index contributed by atoms with van der Waals surface area (Å²) < 4.78 is 0. The Bertz CT molecular complexity index is 437. The Morgan fingerprint density at radius 1 is 0.842 bits per heavy atom. The van der Waals surface area contributed by atoms with Crippen molar-refractivity contribution in [2.24, 2.45) is 0 Å². The van der Waals surface area contributed by atoms with Crippen LogP contribution in [0.1, 0.15) is 33.3 Å². The van der Waals surface area contributed by atoms with Gasteiger partial charge < -0.3 is 0 Å². The summed E-state index contributed by atoms with van der Waals surface area (Å²) in [4.78, 5) is 0. The van der Waals surface area contributed by atoms with E-state index < -0.39 is 15.5 Å². The SMILES string of the molecule is Cc1cc([Si](C)(C)C)cc([Si](Cl)(C(C)C)C(C)C)c1. The normalized spacial score (nSPS) is 13.4. The molecule has 0 saturated heterocycles. The van der Waals surface area contributed by atoms with Crippen molar-refractivity contribution in [2.45, 2.75) is 65.3 Å². The van der Waals surface area contributed by atoms with Crippen LogP contribution < -0.4 is 10.4 Å². The van der Waals surface area contributed by atoms with Gasteiger partial charge in [0, 0.05) is 0 Å². The first-order valence-corrected chi connectivity index (χ1v) is 14.0. The molecule has 0 fully saturated rings. The molecule has 0 heterocycles. The minimum atomic E-state index is -1.93. The van der Waals surface area contributed by atoms with Crippen LogP contribution in [-0.2, 0) is 0 Å². The van der Waals surface area contributed by atoms with Crippen LogP contribution in [0, 0.1) is 6.92 Å². The number of benzene rings is 1. The van der Waals surface area contributed by atoms with Crippen molar-refractivity contribution >= 4 is 36.9 Å². The van der Waals surface area contributed by atoms with Crippen LogP contribution in [0.2, 0.25) is 30.7 Å². The second-order valence-electron chi connectivity index (χ2n) is 7.42. The van der Waals surface area contributed by atoms with E-state index in [4.69, 9.17) is 11.1 Å². The quantitative estimate of drug-likeness (QED) is 0.556. The maximum absolute atomic E-state index is 7.18. The Morgan fingerprint density at radius 3 is 1.63 bits per heavy atom. The molecule has 108 valence electrons. The zero-order valence-corrected chi connectivity index (χ0v) is 16.5. The predicted molar refractivity (Wildman–Crippen MR) is 95.6 cm³/mol. The van der Waals surface area contributed by atoms with E-state index in [0.717, 1.165) is 0 Å². The van der Waals surface area contributed by atoms with E-state index in [0.29, 0.717) is 11.1 Å². The van der Waals surface area contributed by atoms with Crippen LogP contribution in [0.5, 0.6) is 0 Å². The van der Waals surface area contributed by atoms with Gasteiger partial charge in [0.05, 0.1) is 8.07 Å². The van der Waals surface area contributed by atoms with E-state index in [2.05, 4.69) is 72.5 Å². The average Bonchev–Trinajstić information content (AvgIpc) is 2.25. The van der Waals surface area contributed by atoms with Gasteiger partial charge in [-0.1, -0.05) is 76.3 Å². The lowest BCUT2D eigenvalue weighted by Gasteiger charge is -2.34. The molecule has 1 aromatic carbocycles. The second-order valence-corrected chi connectivity index (χ2v) is 18.8. The van der Waals surface area contributed by atoms with Crippen molar-refractivity contribution in [3.8, 4) is 0 Å². The maximum atomic E-state index is 7.18. The summed E-state index contributed by atoms with van der Waals surface area (Å²) in [6.45, 7) is 18.6. The Hall–Kier alpha value is -0.0562. The molecule has 0 amide bonds. The molecule has 3 heteroatoms. The lowest BCUT2D eigenvalue weighted by atomic mass is 10.2. The van der Waals surface area contributed by atoms with Gasteiger partial charge in [0.25, 0.3) is 0 Å². The van der Waals surface area contributed by atoms with Crippen LogP contribution in [0.3, 0.4) is 0 Å². The molecule has 0 saturated carbocycles. The summed E-state index contributed by atoms with van der Waals surface area (Å²) >= 11 is 7.18. The summed E-state index contributed by atoms with van der Waals surface area (Å²) in [5.41, 5.74) is 2.49. The standard InChI is InChI=1S/C16H29ClSi2/c1-12(2)19(17,13(3)4)16-10-14(5)9-15(11-16)18(6,7)8/h9-13H,1-8H3. The summed E-state index contributed by atoms with van der Waals surface area (Å²) in [6, 6.07) is 7.13. The molecule has 0 spiro atoms. The zero-order chi connectivity index (χ0) is 15.0. The largest absolute Gasteiger partial charge is 0.191 e. The highest BCUT2D eigenvalue weighted by Crippen LogP contribution is 2.35. The van der Waals surface area contributed by atoms with Crippen molar-refractivity contribution < 1.29 is 0 Å². The molecule has 1 aromatic rings. The molecule has 0 N–H and O–H groups in total. The third-order valence-electron chi connectivity index (χ3n) is 4.07. The summed E-state index contributed by atoms with van der Waals surface area (Å²) in [5, 5.41) is 2.98. The number of hydrogen-bond donors (Lipinski definition) is 0. The van der Waals surface area contributed by atoms with E-state index in [1.807, 2.05) is 0 Å². The Labute approximate surface area is 126 Å². The molecule has 0 nitrogen and oxygen atoms in total. The highest BCUT2D eigenvalue weighted by Gasteiger charge is 2.40. The molecule has 1 rings (SSSR count). The van der Waals surface area contributed by atoms with Crippen molar-refractivity contribution in [2.75, 3.05) is 0 Å². The fourth-order valence-corrected chi connectivity index (χ4v) is 7.98. The molecule has 19 heavy (non-hydrogen) atoms. The number of hydrogen-bond acceptors (Lipinski definition) is 0. The van der Waals surface area contributed by atoms with Crippen molar-refractivity contribution in [3.05, 3.63) is 23.8 Å². The highest BCUT2D eigenvalue weighted by atomic mass is 35.6. The van der Waals surface area contributed by atoms with Gasteiger partial charge in [-0.2, -0.15) is 11.1 Å². The van der Waals surface area contributed by atoms with E-state index in [-0.39, 0.29) is 0 Å². The molecular weight excluding hydrogens is 284 g/mol. The smallest absolute Gasteiger partial charge is 0.160 e. The Kier molecular flexibility index (Phi) is 5.14. The van der Waals surface area contributed by atoms with E-state index in [1.165, 1.54) is 10.8 Å². The van der Waals surface area contributed by atoms with Crippen LogP contribution in [0.15, 0.2) is 18.2 Å². The molecular formula is C16H29ClSi2. The zero-order valence-electron chi connectivity index (χ0n) is 13.8. The van der Waals surface area contributed by atoms with Gasteiger partial charge in [-0.15, -0.1) is 0 Å². The summed E-state index contributed by atoms with van der Waals surface area (Å²) in [5.74, 6) is 0.